The van der Waals surface area contributed by atoms with Gasteiger partial charge in [-0.1, -0.05) is 127 Å². The minimum atomic E-state index is 0.588. The number of pyridine rings is 1. The Hall–Kier alpha value is -6.04. The summed E-state index contributed by atoms with van der Waals surface area (Å²) >= 11 is 1.85. The van der Waals surface area contributed by atoms with Crippen molar-refractivity contribution in [2.24, 2.45) is 0 Å². The van der Waals surface area contributed by atoms with Crippen LogP contribution < -0.4 is 0 Å². The number of thiophene rings is 1. The van der Waals surface area contributed by atoms with Gasteiger partial charge in [0.1, 0.15) is 0 Å². The summed E-state index contributed by atoms with van der Waals surface area (Å²) in [6.07, 6.45) is 1.84. The second kappa shape index (κ2) is 11.4. The van der Waals surface area contributed by atoms with E-state index >= 15 is 0 Å². The number of aromatic nitrogens is 4. The largest absolute Gasteiger partial charge is 0.255 e. The number of rotatable bonds is 5. The summed E-state index contributed by atoms with van der Waals surface area (Å²) in [5.41, 5.74) is 7.10. The predicted octanol–water partition coefficient (Wildman–Crippen LogP) is 11.1. The van der Waals surface area contributed by atoms with Crippen LogP contribution in [0, 0.1) is 0 Å². The number of hydrogen-bond acceptors (Lipinski definition) is 5. The van der Waals surface area contributed by atoms with E-state index in [0.717, 1.165) is 33.5 Å². The van der Waals surface area contributed by atoms with Crippen LogP contribution in [0.5, 0.6) is 0 Å². The highest BCUT2D eigenvalue weighted by Gasteiger charge is 2.17. The lowest BCUT2D eigenvalue weighted by Gasteiger charge is -2.12. The molecule has 3 aromatic heterocycles. The highest BCUT2D eigenvalue weighted by molar-refractivity contribution is 7.26. The third-order valence-corrected chi connectivity index (χ3v) is 9.70. The average Bonchev–Trinajstić information content (AvgIpc) is 3.52. The zero-order valence-corrected chi connectivity index (χ0v) is 26.0. The Balaban J connectivity index is 1.17. The van der Waals surface area contributed by atoms with Crippen molar-refractivity contribution in [3.05, 3.63) is 158 Å². The van der Waals surface area contributed by atoms with Crippen molar-refractivity contribution < 1.29 is 0 Å². The Morgan fingerprint density at radius 1 is 0.404 bits per heavy atom. The van der Waals surface area contributed by atoms with Crippen molar-refractivity contribution in [3.63, 3.8) is 0 Å². The van der Waals surface area contributed by atoms with E-state index in [9.17, 15) is 0 Å². The lowest BCUT2D eigenvalue weighted by atomic mass is 9.93. The molecule has 220 valence electrons. The second-order valence-corrected chi connectivity index (χ2v) is 12.6. The summed E-state index contributed by atoms with van der Waals surface area (Å²) in [6.45, 7) is 0. The first-order valence-electron chi connectivity index (χ1n) is 15.6. The number of hydrogen-bond donors (Lipinski definition) is 0. The van der Waals surface area contributed by atoms with Gasteiger partial charge in [-0.25, -0.2) is 15.0 Å². The first-order valence-corrected chi connectivity index (χ1v) is 16.4. The summed E-state index contributed by atoms with van der Waals surface area (Å²) in [4.78, 5) is 19.6. The van der Waals surface area contributed by atoms with Crippen molar-refractivity contribution in [1.29, 1.82) is 0 Å². The number of fused-ring (bicyclic) bond motifs is 4. The molecule has 0 N–H and O–H groups in total. The van der Waals surface area contributed by atoms with Crippen LogP contribution in [0.15, 0.2) is 158 Å². The molecule has 47 heavy (non-hydrogen) atoms. The van der Waals surface area contributed by atoms with E-state index in [1.54, 1.807) is 0 Å². The lowest BCUT2D eigenvalue weighted by Crippen LogP contribution is -2.00. The molecule has 0 saturated heterocycles. The fourth-order valence-electron chi connectivity index (χ4n) is 6.29. The van der Waals surface area contributed by atoms with Crippen LogP contribution in [-0.4, -0.2) is 19.9 Å². The number of benzene rings is 6. The zero-order chi connectivity index (χ0) is 31.2. The van der Waals surface area contributed by atoms with Gasteiger partial charge in [-0.05, 0) is 46.2 Å². The van der Waals surface area contributed by atoms with Gasteiger partial charge in [0.15, 0.2) is 17.5 Å². The Bertz CT molecular complexity index is 2540. The maximum absolute atomic E-state index is 4.98. The molecule has 0 aliphatic rings. The molecule has 0 radical (unpaired) electrons. The molecule has 0 spiro atoms. The van der Waals surface area contributed by atoms with E-state index in [4.69, 9.17) is 19.9 Å². The highest BCUT2D eigenvalue weighted by Crippen LogP contribution is 2.44. The van der Waals surface area contributed by atoms with Gasteiger partial charge in [0.25, 0.3) is 0 Å². The van der Waals surface area contributed by atoms with Gasteiger partial charge in [0, 0.05) is 48.6 Å². The molecule has 0 unspecified atom stereocenters. The summed E-state index contributed by atoms with van der Waals surface area (Å²) in [7, 11) is 0. The number of nitrogens with zero attached hydrogens (tertiary/aromatic N) is 4. The molecule has 9 aromatic rings. The molecule has 0 aliphatic carbocycles. The minimum Gasteiger partial charge on any atom is -0.255 e. The van der Waals surface area contributed by atoms with Crippen LogP contribution in [0.4, 0.5) is 0 Å². The first kappa shape index (κ1) is 27.3. The topological polar surface area (TPSA) is 51.6 Å². The van der Waals surface area contributed by atoms with E-state index in [0.29, 0.717) is 17.5 Å². The Labute approximate surface area is 275 Å². The molecule has 0 bridgehead atoms. The molecule has 0 saturated carbocycles. The maximum atomic E-state index is 4.98. The fourth-order valence-corrected chi connectivity index (χ4v) is 7.46. The van der Waals surface area contributed by atoms with E-state index in [1.807, 2.05) is 78.2 Å². The smallest absolute Gasteiger partial charge is 0.165 e. The van der Waals surface area contributed by atoms with Crippen molar-refractivity contribution in [1.82, 2.24) is 19.9 Å². The SMILES string of the molecule is c1ccc(-c2ccc(-c3nc(-c4ccccc4)nc(-c4ccc(-c5c6ccccc6cc6sc7ccccc7c56)cc4)n3)cn2)cc1. The van der Waals surface area contributed by atoms with Crippen LogP contribution in [0.2, 0.25) is 0 Å². The van der Waals surface area contributed by atoms with Crippen molar-refractivity contribution in [2.45, 2.75) is 0 Å². The van der Waals surface area contributed by atoms with Gasteiger partial charge in [-0.3, -0.25) is 4.98 Å². The molecular formula is C42H26N4S. The summed E-state index contributed by atoms with van der Waals surface area (Å²) in [5, 5.41) is 5.08. The molecular weight excluding hydrogens is 593 g/mol. The Morgan fingerprint density at radius 3 is 1.66 bits per heavy atom. The van der Waals surface area contributed by atoms with Crippen LogP contribution in [0.25, 0.3) is 87.5 Å². The molecule has 5 heteroatoms. The maximum Gasteiger partial charge on any atom is 0.165 e. The van der Waals surface area contributed by atoms with Crippen molar-refractivity contribution in [3.8, 4) is 56.5 Å². The average molecular weight is 619 g/mol. The Morgan fingerprint density at radius 2 is 0.957 bits per heavy atom. The van der Waals surface area contributed by atoms with Gasteiger partial charge in [0.05, 0.1) is 5.69 Å². The second-order valence-electron chi connectivity index (χ2n) is 11.5. The normalized spacial score (nSPS) is 11.4. The summed E-state index contributed by atoms with van der Waals surface area (Å²) in [5.74, 6) is 1.84. The molecule has 0 atom stereocenters. The molecule has 6 aromatic carbocycles. The third kappa shape index (κ3) is 4.94. The van der Waals surface area contributed by atoms with Gasteiger partial charge in [0.2, 0.25) is 0 Å². The molecule has 0 aliphatic heterocycles. The Kier molecular flexibility index (Phi) is 6.61. The van der Waals surface area contributed by atoms with E-state index < -0.39 is 0 Å². The minimum absolute atomic E-state index is 0.588. The molecule has 4 nitrogen and oxygen atoms in total. The highest BCUT2D eigenvalue weighted by atomic mass is 32.1. The molecule has 9 rings (SSSR count). The van der Waals surface area contributed by atoms with Gasteiger partial charge >= 0.3 is 0 Å². The van der Waals surface area contributed by atoms with Crippen LogP contribution in [-0.2, 0) is 0 Å². The predicted molar refractivity (Wildman–Crippen MR) is 195 cm³/mol. The standard InChI is InChI=1S/C42H26N4S/c1-3-11-27(12-4-1)35-24-23-32(26-43-35)42-45-40(29-13-5-2-6-14-29)44-41(46-42)30-21-19-28(20-22-30)38-33-16-8-7-15-31(33)25-37-39(38)34-17-9-10-18-36(34)47-37/h1-26H. The van der Waals surface area contributed by atoms with Crippen LogP contribution in [0.1, 0.15) is 0 Å². The van der Waals surface area contributed by atoms with Gasteiger partial charge < -0.3 is 0 Å². The van der Waals surface area contributed by atoms with Gasteiger partial charge in [-0.2, -0.15) is 0 Å². The monoisotopic (exact) mass is 618 g/mol. The van der Waals surface area contributed by atoms with E-state index in [-0.39, 0.29) is 0 Å². The molecule has 3 heterocycles. The van der Waals surface area contributed by atoms with Crippen LogP contribution >= 0.6 is 11.3 Å². The quantitative estimate of drug-likeness (QED) is 0.193. The van der Waals surface area contributed by atoms with E-state index in [2.05, 4.69) is 91.0 Å². The summed E-state index contributed by atoms with van der Waals surface area (Å²) in [6, 6.07) is 52.6. The zero-order valence-electron chi connectivity index (χ0n) is 25.2. The lowest BCUT2D eigenvalue weighted by molar-refractivity contribution is 1.07. The summed E-state index contributed by atoms with van der Waals surface area (Å²) < 4.78 is 2.60. The van der Waals surface area contributed by atoms with Gasteiger partial charge in [-0.15, -0.1) is 11.3 Å². The van der Waals surface area contributed by atoms with Crippen molar-refractivity contribution in [2.75, 3.05) is 0 Å². The molecule has 0 amide bonds. The molecule has 0 fully saturated rings. The third-order valence-electron chi connectivity index (χ3n) is 8.58. The first-order chi connectivity index (χ1) is 23.3. The van der Waals surface area contributed by atoms with E-state index in [1.165, 1.54) is 36.5 Å². The fraction of sp³-hybridized carbons (Fsp3) is 0. The van der Waals surface area contributed by atoms with Crippen LogP contribution in [0.3, 0.4) is 0 Å². The van der Waals surface area contributed by atoms with Crippen molar-refractivity contribution >= 4 is 42.3 Å².